The van der Waals surface area contributed by atoms with Gasteiger partial charge in [-0.25, -0.2) is 0 Å². The van der Waals surface area contributed by atoms with Gasteiger partial charge in [-0.3, -0.25) is 9.69 Å². The molecule has 2 bridgehead atoms. The number of rotatable bonds is 4. The Morgan fingerprint density at radius 1 is 1.31 bits per heavy atom. The van der Waals surface area contributed by atoms with Crippen molar-refractivity contribution in [2.45, 2.75) is 45.6 Å². The van der Waals surface area contributed by atoms with E-state index in [0.29, 0.717) is 11.8 Å². The predicted molar refractivity (Wildman–Crippen MR) is 63.3 cm³/mol. The Morgan fingerprint density at radius 2 is 1.81 bits per heavy atom. The number of fused-ring (bicyclic) bond motifs is 2. The lowest BCUT2D eigenvalue weighted by Gasteiger charge is -2.56. The zero-order chi connectivity index (χ0) is 11.9. The normalized spacial score (nSPS) is 34.6. The molecule has 0 spiro atoms. The summed E-state index contributed by atoms with van der Waals surface area (Å²) in [6.07, 6.45) is 3.44. The van der Waals surface area contributed by atoms with E-state index in [2.05, 4.69) is 25.7 Å². The average molecular weight is 225 g/mol. The third kappa shape index (κ3) is 1.65. The van der Waals surface area contributed by atoms with Crippen LogP contribution in [0.15, 0.2) is 0 Å². The Balaban J connectivity index is 2.03. The van der Waals surface area contributed by atoms with E-state index in [4.69, 9.17) is 5.11 Å². The molecule has 0 amide bonds. The van der Waals surface area contributed by atoms with Crippen molar-refractivity contribution in [2.24, 2.45) is 17.8 Å². The average Bonchev–Trinajstić information content (AvgIpc) is 2.27. The molecule has 0 radical (unpaired) electrons. The summed E-state index contributed by atoms with van der Waals surface area (Å²) in [7, 11) is 0. The maximum atomic E-state index is 11.1. The summed E-state index contributed by atoms with van der Waals surface area (Å²) in [6.45, 7) is 8.77. The summed E-state index contributed by atoms with van der Waals surface area (Å²) in [4.78, 5) is 13.6. The van der Waals surface area contributed by atoms with Gasteiger partial charge in [0, 0.05) is 18.6 Å². The maximum absolute atomic E-state index is 11.1. The lowest BCUT2D eigenvalue weighted by Crippen LogP contribution is -2.62. The number of carbonyl (C=O) groups is 1. The number of piperidine rings is 2. The van der Waals surface area contributed by atoms with Crippen LogP contribution in [-0.2, 0) is 4.79 Å². The molecule has 0 aromatic carbocycles. The number of hydrogen-bond acceptors (Lipinski definition) is 2. The van der Waals surface area contributed by atoms with Crippen molar-refractivity contribution >= 4 is 5.97 Å². The van der Waals surface area contributed by atoms with Crippen LogP contribution in [-0.4, -0.2) is 34.6 Å². The van der Waals surface area contributed by atoms with Gasteiger partial charge in [-0.1, -0.05) is 13.8 Å². The van der Waals surface area contributed by atoms with E-state index >= 15 is 0 Å². The topological polar surface area (TPSA) is 40.5 Å². The van der Waals surface area contributed by atoms with Crippen molar-refractivity contribution in [1.29, 1.82) is 0 Å². The zero-order valence-electron chi connectivity index (χ0n) is 10.6. The molecule has 3 heteroatoms. The van der Waals surface area contributed by atoms with Crippen molar-refractivity contribution in [2.75, 3.05) is 13.1 Å². The Hall–Kier alpha value is -0.570. The predicted octanol–water partition coefficient (Wildman–Crippen LogP) is 2.22. The molecule has 3 rings (SSSR count). The first-order valence-corrected chi connectivity index (χ1v) is 6.49. The highest BCUT2D eigenvalue weighted by atomic mass is 16.4. The highest BCUT2D eigenvalue weighted by Crippen LogP contribution is 2.47. The van der Waals surface area contributed by atoms with Gasteiger partial charge in [0.25, 0.3) is 0 Å². The van der Waals surface area contributed by atoms with Crippen LogP contribution in [0.4, 0.5) is 0 Å². The molecule has 16 heavy (non-hydrogen) atoms. The second kappa shape index (κ2) is 4.02. The summed E-state index contributed by atoms with van der Waals surface area (Å²) in [6, 6.07) is 0. The molecule has 2 aliphatic heterocycles. The molecule has 2 saturated heterocycles. The first-order chi connectivity index (χ1) is 7.51. The second-order valence-corrected chi connectivity index (χ2v) is 5.73. The molecule has 2 heterocycles. The second-order valence-electron chi connectivity index (χ2n) is 5.73. The SMILES string of the molecule is CCC(C)(CC)N1CC2CC(C1)C2C(=O)O. The standard InChI is InChI=1S/C13H23NO2/c1-4-13(3,5-2)14-7-9-6-10(8-14)11(9)12(15)16/h9-11H,4-8H2,1-3H3,(H,15,16). The molecule has 2 atom stereocenters. The summed E-state index contributed by atoms with van der Waals surface area (Å²) >= 11 is 0. The zero-order valence-corrected chi connectivity index (χ0v) is 10.6. The van der Waals surface area contributed by atoms with Gasteiger partial charge in [-0.05, 0) is 38.0 Å². The first-order valence-electron chi connectivity index (χ1n) is 6.49. The van der Waals surface area contributed by atoms with Gasteiger partial charge < -0.3 is 5.11 Å². The number of carboxylic acids is 1. The van der Waals surface area contributed by atoms with Crippen molar-refractivity contribution < 1.29 is 9.90 Å². The minimum atomic E-state index is -0.574. The van der Waals surface area contributed by atoms with E-state index in [1.165, 1.54) is 0 Å². The van der Waals surface area contributed by atoms with Crippen molar-refractivity contribution in [1.82, 2.24) is 4.90 Å². The third-order valence-electron chi connectivity index (χ3n) is 5.10. The van der Waals surface area contributed by atoms with Crippen LogP contribution in [0.1, 0.15) is 40.0 Å². The summed E-state index contributed by atoms with van der Waals surface area (Å²) in [5.74, 6) is 0.201. The third-order valence-corrected chi connectivity index (χ3v) is 5.10. The molecule has 1 N–H and O–H groups in total. The van der Waals surface area contributed by atoms with Crippen molar-refractivity contribution in [3.05, 3.63) is 0 Å². The van der Waals surface area contributed by atoms with Crippen LogP contribution >= 0.6 is 0 Å². The van der Waals surface area contributed by atoms with Crippen molar-refractivity contribution in [3.63, 3.8) is 0 Å². The van der Waals surface area contributed by atoms with Gasteiger partial charge in [0.1, 0.15) is 0 Å². The largest absolute Gasteiger partial charge is 0.481 e. The number of carboxylic acid groups (broad SMARTS) is 1. The van der Waals surface area contributed by atoms with Crippen LogP contribution in [0, 0.1) is 17.8 Å². The van der Waals surface area contributed by atoms with Crippen LogP contribution in [0.2, 0.25) is 0 Å². The summed E-state index contributed by atoms with van der Waals surface area (Å²) in [5, 5.41) is 9.12. The van der Waals surface area contributed by atoms with Gasteiger partial charge >= 0.3 is 5.97 Å². The van der Waals surface area contributed by atoms with Crippen LogP contribution < -0.4 is 0 Å². The van der Waals surface area contributed by atoms with Gasteiger partial charge in [0.15, 0.2) is 0 Å². The fourth-order valence-corrected chi connectivity index (χ4v) is 3.43. The molecule has 2 unspecified atom stereocenters. The molecular formula is C13H23NO2. The smallest absolute Gasteiger partial charge is 0.307 e. The quantitative estimate of drug-likeness (QED) is 0.797. The molecule has 1 aliphatic carbocycles. The first kappa shape index (κ1) is 11.9. The van der Waals surface area contributed by atoms with Crippen LogP contribution in [0.3, 0.4) is 0 Å². The van der Waals surface area contributed by atoms with Gasteiger partial charge in [0.2, 0.25) is 0 Å². The minimum absolute atomic E-state index is 0.0470. The molecule has 3 nitrogen and oxygen atoms in total. The fourth-order valence-electron chi connectivity index (χ4n) is 3.43. The highest BCUT2D eigenvalue weighted by Gasteiger charge is 2.52. The summed E-state index contributed by atoms with van der Waals surface area (Å²) < 4.78 is 0. The van der Waals surface area contributed by atoms with Crippen LogP contribution in [0.5, 0.6) is 0 Å². The Kier molecular flexibility index (Phi) is 2.99. The van der Waals surface area contributed by atoms with Gasteiger partial charge in [0.05, 0.1) is 5.92 Å². The van der Waals surface area contributed by atoms with Gasteiger partial charge in [-0.15, -0.1) is 0 Å². The van der Waals surface area contributed by atoms with E-state index in [0.717, 1.165) is 32.4 Å². The molecule has 1 saturated carbocycles. The van der Waals surface area contributed by atoms with Crippen LogP contribution in [0.25, 0.3) is 0 Å². The molecular weight excluding hydrogens is 202 g/mol. The molecule has 0 aromatic heterocycles. The maximum Gasteiger partial charge on any atom is 0.307 e. The van der Waals surface area contributed by atoms with E-state index in [9.17, 15) is 4.79 Å². The lowest BCUT2D eigenvalue weighted by atomic mass is 9.60. The molecule has 92 valence electrons. The minimum Gasteiger partial charge on any atom is -0.481 e. The van der Waals surface area contributed by atoms with E-state index in [1.807, 2.05) is 0 Å². The molecule has 3 aliphatic rings. The van der Waals surface area contributed by atoms with E-state index < -0.39 is 5.97 Å². The Bertz CT molecular complexity index is 274. The Morgan fingerprint density at radius 3 is 2.19 bits per heavy atom. The monoisotopic (exact) mass is 225 g/mol. The number of nitrogens with zero attached hydrogens (tertiary/aromatic N) is 1. The lowest BCUT2D eigenvalue weighted by molar-refractivity contribution is -0.164. The van der Waals surface area contributed by atoms with E-state index in [1.54, 1.807) is 0 Å². The molecule has 0 aromatic rings. The number of aliphatic carboxylic acids is 1. The number of hydrogen-bond donors (Lipinski definition) is 1. The van der Waals surface area contributed by atoms with E-state index in [-0.39, 0.29) is 11.5 Å². The molecule has 3 fully saturated rings. The fraction of sp³-hybridized carbons (Fsp3) is 0.923. The highest BCUT2D eigenvalue weighted by molar-refractivity contribution is 5.72. The van der Waals surface area contributed by atoms with Gasteiger partial charge in [-0.2, -0.15) is 0 Å². The van der Waals surface area contributed by atoms with Crippen molar-refractivity contribution in [3.8, 4) is 0 Å². The Labute approximate surface area is 97.8 Å². The summed E-state index contributed by atoms with van der Waals surface area (Å²) in [5.41, 5.74) is 0.278.